The maximum absolute atomic E-state index is 12.9. The first-order valence-corrected chi connectivity index (χ1v) is 9.86. The van der Waals surface area contributed by atoms with E-state index in [1.807, 2.05) is 6.92 Å². The average molecular weight is 394 g/mol. The fourth-order valence-corrected chi connectivity index (χ4v) is 3.92. The summed E-state index contributed by atoms with van der Waals surface area (Å²) in [4.78, 5) is 10.3. The molecule has 0 radical (unpaired) electrons. The molecule has 0 aliphatic rings. The van der Waals surface area contributed by atoms with E-state index in [0.29, 0.717) is 35.8 Å². The largest absolute Gasteiger partial charge is 0.494 e. The van der Waals surface area contributed by atoms with Crippen molar-refractivity contribution >= 4 is 21.4 Å². The Balaban J connectivity index is 2.53. The van der Waals surface area contributed by atoms with Crippen LogP contribution in [0.2, 0.25) is 0 Å². The molecular weight excluding hydrogens is 372 g/mol. The number of aryl methyl sites for hydroxylation is 1. The number of nitrogens with zero attached hydrogens (tertiary/aromatic N) is 1. The van der Waals surface area contributed by atoms with Gasteiger partial charge in [-0.1, -0.05) is 0 Å². The van der Waals surface area contributed by atoms with Gasteiger partial charge >= 0.3 is 0 Å². The number of hydrogen-bond acceptors (Lipinski definition) is 6. The van der Waals surface area contributed by atoms with Gasteiger partial charge in [0, 0.05) is 18.2 Å². The van der Waals surface area contributed by atoms with Crippen molar-refractivity contribution in [3.05, 3.63) is 51.6 Å². The molecule has 8 nitrogen and oxygen atoms in total. The van der Waals surface area contributed by atoms with Crippen LogP contribution in [0, 0.1) is 24.0 Å². The first-order valence-electron chi connectivity index (χ1n) is 8.37. The van der Waals surface area contributed by atoms with E-state index in [1.54, 1.807) is 32.9 Å². The van der Waals surface area contributed by atoms with Crippen LogP contribution in [0.1, 0.15) is 25.0 Å². The van der Waals surface area contributed by atoms with E-state index in [0.717, 1.165) is 6.07 Å². The molecule has 9 heteroatoms. The van der Waals surface area contributed by atoms with Gasteiger partial charge in [0.15, 0.2) is 0 Å². The number of sulfonamides is 1. The van der Waals surface area contributed by atoms with Gasteiger partial charge in [-0.05, 0) is 51.0 Å². The summed E-state index contributed by atoms with van der Waals surface area (Å²) in [6.07, 6.45) is 0. The van der Waals surface area contributed by atoms with Crippen molar-refractivity contribution in [3.8, 4) is 11.5 Å². The summed E-state index contributed by atoms with van der Waals surface area (Å²) in [5.74, 6) is 0.815. The molecule has 0 unspecified atom stereocenters. The van der Waals surface area contributed by atoms with Crippen LogP contribution in [0.3, 0.4) is 0 Å². The molecule has 0 aliphatic heterocycles. The molecule has 0 aromatic heterocycles. The summed E-state index contributed by atoms with van der Waals surface area (Å²) in [5.41, 5.74) is 0.864. The topological polar surface area (TPSA) is 108 Å². The number of ether oxygens (including phenoxy) is 2. The van der Waals surface area contributed by atoms with Gasteiger partial charge in [0.05, 0.1) is 28.7 Å². The second kappa shape index (κ2) is 8.26. The van der Waals surface area contributed by atoms with Gasteiger partial charge in [-0.15, -0.1) is 0 Å². The van der Waals surface area contributed by atoms with E-state index in [1.165, 1.54) is 12.1 Å². The predicted octanol–water partition coefficient (Wildman–Crippen LogP) is 3.81. The van der Waals surface area contributed by atoms with Gasteiger partial charge in [0.2, 0.25) is 0 Å². The number of rotatable bonds is 8. The standard InChI is InChI=1S/C18H22N2O6S/c1-5-25-15-7-8-17(26-6-2)16(11-15)19-27(23,24)18-10-14(20(21)22)9-12(3)13(18)4/h7-11,19H,5-6H2,1-4H3. The number of non-ortho nitro benzene ring substituents is 1. The molecule has 0 heterocycles. The van der Waals surface area contributed by atoms with Crippen molar-refractivity contribution in [2.24, 2.45) is 0 Å². The Morgan fingerprint density at radius 1 is 1.07 bits per heavy atom. The minimum absolute atomic E-state index is 0.154. The van der Waals surface area contributed by atoms with Crippen LogP contribution < -0.4 is 14.2 Å². The average Bonchev–Trinajstić information content (AvgIpc) is 2.59. The Kier molecular flexibility index (Phi) is 6.27. The Morgan fingerprint density at radius 3 is 2.33 bits per heavy atom. The molecule has 0 bridgehead atoms. The smallest absolute Gasteiger partial charge is 0.271 e. The lowest BCUT2D eigenvalue weighted by atomic mass is 10.1. The zero-order valence-corrected chi connectivity index (χ0v) is 16.4. The lowest BCUT2D eigenvalue weighted by molar-refractivity contribution is -0.385. The van der Waals surface area contributed by atoms with Crippen LogP contribution in [0.4, 0.5) is 11.4 Å². The van der Waals surface area contributed by atoms with Crippen molar-refractivity contribution in [2.75, 3.05) is 17.9 Å². The molecule has 146 valence electrons. The Hall–Kier alpha value is -2.81. The normalized spacial score (nSPS) is 11.1. The number of nitro benzene ring substituents is 1. The number of nitrogens with one attached hydrogen (secondary N) is 1. The third kappa shape index (κ3) is 4.68. The van der Waals surface area contributed by atoms with E-state index < -0.39 is 14.9 Å². The van der Waals surface area contributed by atoms with Crippen molar-refractivity contribution in [1.29, 1.82) is 0 Å². The second-order valence-electron chi connectivity index (χ2n) is 5.77. The molecule has 0 amide bonds. The lowest BCUT2D eigenvalue weighted by Crippen LogP contribution is -2.16. The van der Waals surface area contributed by atoms with E-state index in [2.05, 4.69) is 4.72 Å². The molecule has 1 N–H and O–H groups in total. The minimum Gasteiger partial charge on any atom is -0.494 e. The van der Waals surface area contributed by atoms with Gasteiger partial charge in [0.1, 0.15) is 11.5 Å². The van der Waals surface area contributed by atoms with Gasteiger partial charge in [-0.3, -0.25) is 14.8 Å². The summed E-state index contributed by atoms with van der Waals surface area (Å²) in [5, 5.41) is 11.1. The predicted molar refractivity (Wildman–Crippen MR) is 102 cm³/mol. The van der Waals surface area contributed by atoms with E-state index in [-0.39, 0.29) is 16.3 Å². The van der Waals surface area contributed by atoms with E-state index >= 15 is 0 Å². The highest BCUT2D eigenvalue weighted by Crippen LogP contribution is 2.33. The highest BCUT2D eigenvalue weighted by Gasteiger charge is 2.24. The van der Waals surface area contributed by atoms with Crippen molar-refractivity contribution in [2.45, 2.75) is 32.6 Å². The molecule has 0 atom stereocenters. The van der Waals surface area contributed by atoms with Crippen LogP contribution >= 0.6 is 0 Å². The SMILES string of the molecule is CCOc1ccc(OCC)c(NS(=O)(=O)c2cc([N+](=O)[O-])cc(C)c2C)c1. The Bertz CT molecular complexity index is 957. The molecule has 0 spiro atoms. The Morgan fingerprint density at radius 2 is 1.74 bits per heavy atom. The Labute approximate surface area is 158 Å². The zero-order chi connectivity index (χ0) is 20.2. The van der Waals surface area contributed by atoms with Gasteiger partial charge < -0.3 is 9.47 Å². The molecular formula is C18H22N2O6S. The molecule has 0 saturated carbocycles. The van der Waals surface area contributed by atoms with Crippen LogP contribution in [-0.2, 0) is 10.0 Å². The zero-order valence-electron chi connectivity index (χ0n) is 15.6. The minimum atomic E-state index is -4.09. The lowest BCUT2D eigenvalue weighted by Gasteiger charge is -2.16. The van der Waals surface area contributed by atoms with Gasteiger partial charge in [-0.2, -0.15) is 0 Å². The fraction of sp³-hybridized carbons (Fsp3) is 0.333. The van der Waals surface area contributed by atoms with E-state index in [9.17, 15) is 18.5 Å². The van der Waals surface area contributed by atoms with Crippen LogP contribution in [0.15, 0.2) is 35.2 Å². The van der Waals surface area contributed by atoms with Crippen molar-refractivity contribution in [3.63, 3.8) is 0 Å². The third-order valence-corrected chi connectivity index (χ3v) is 5.40. The molecule has 0 aliphatic carbocycles. The molecule has 2 aromatic carbocycles. The number of benzene rings is 2. The van der Waals surface area contributed by atoms with E-state index in [4.69, 9.17) is 9.47 Å². The molecule has 0 fully saturated rings. The van der Waals surface area contributed by atoms with Gasteiger partial charge in [-0.25, -0.2) is 8.42 Å². The summed E-state index contributed by atoms with van der Waals surface area (Å²) in [6, 6.07) is 7.20. The highest BCUT2D eigenvalue weighted by molar-refractivity contribution is 7.92. The molecule has 2 rings (SSSR count). The first-order chi connectivity index (χ1) is 12.7. The van der Waals surface area contributed by atoms with Crippen LogP contribution in [0.25, 0.3) is 0 Å². The van der Waals surface area contributed by atoms with Crippen molar-refractivity contribution < 1.29 is 22.8 Å². The molecule has 0 saturated heterocycles. The maximum Gasteiger partial charge on any atom is 0.271 e. The molecule has 27 heavy (non-hydrogen) atoms. The number of nitro groups is 1. The summed E-state index contributed by atoms with van der Waals surface area (Å²) >= 11 is 0. The number of anilines is 1. The summed E-state index contributed by atoms with van der Waals surface area (Å²) in [7, 11) is -4.09. The fourth-order valence-electron chi connectivity index (χ4n) is 2.52. The third-order valence-electron chi connectivity index (χ3n) is 3.91. The first kappa shape index (κ1) is 20.5. The van der Waals surface area contributed by atoms with Gasteiger partial charge in [0.25, 0.3) is 15.7 Å². The summed E-state index contributed by atoms with van der Waals surface area (Å²) in [6.45, 7) is 7.59. The molecule has 2 aromatic rings. The van der Waals surface area contributed by atoms with Crippen LogP contribution in [-0.4, -0.2) is 26.6 Å². The summed E-state index contributed by atoms with van der Waals surface area (Å²) < 4.78 is 39.2. The van der Waals surface area contributed by atoms with Crippen LogP contribution in [0.5, 0.6) is 11.5 Å². The monoisotopic (exact) mass is 394 g/mol. The second-order valence-corrected chi connectivity index (χ2v) is 7.42. The maximum atomic E-state index is 12.9. The highest BCUT2D eigenvalue weighted by atomic mass is 32.2. The quantitative estimate of drug-likeness (QED) is 0.539. The number of hydrogen-bond donors (Lipinski definition) is 1. The van der Waals surface area contributed by atoms with Crippen molar-refractivity contribution in [1.82, 2.24) is 0 Å².